The van der Waals surface area contributed by atoms with Gasteiger partial charge in [-0.2, -0.15) is 0 Å². The Morgan fingerprint density at radius 1 is 0.889 bits per heavy atom. The molecule has 0 radical (unpaired) electrons. The Bertz CT molecular complexity index is 208. The minimum atomic E-state index is 1.02. The van der Waals surface area contributed by atoms with Crippen molar-refractivity contribution in [2.24, 2.45) is 11.8 Å². The highest BCUT2D eigenvalue weighted by atomic mass is 15.1. The lowest BCUT2D eigenvalue weighted by Gasteiger charge is -2.36. The Morgan fingerprint density at radius 2 is 1.67 bits per heavy atom. The number of hydrogen-bond donors (Lipinski definition) is 0. The first-order valence-corrected chi connectivity index (χ1v) is 8.61. The fourth-order valence-electron chi connectivity index (χ4n) is 3.97. The van der Waals surface area contributed by atoms with Crippen LogP contribution in [0.4, 0.5) is 0 Å². The van der Waals surface area contributed by atoms with E-state index in [1.165, 1.54) is 90.3 Å². The zero-order valence-electron chi connectivity index (χ0n) is 12.5. The van der Waals surface area contributed by atoms with Gasteiger partial charge in [0.1, 0.15) is 0 Å². The summed E-state index contributed by atoms with van der Waals surface area (Å²) < 4.78 is 0. The standard InChI is InChI=1S/C17H33N/c1-2-3-5-9-17-12-8-13-18(15-17)14-16-10-6-4-7-11-16/h16-17H,2-15H2,1H3/t17-/m0/s1. The first-order chi connectivity index (χ1) is 8.88. The van der Waals surface area contributed by atoms with E-state index in [1.54, 1.807) is 0 Å². The molecule has 0 aromatic carbocycles. The molecule has 2 rings (SSSR count). The molecule has 2 aliphatic rings. The predicted octanol–water partition coefficient (Wildman–Crippen LogP) is 4.86. The summed E-state index contributed by atoms with van der Waals surface area (Å²) in [6.45, 7) is 6.54. The summed E-state index contributed by atoms with van der Waals surface area (Å²) >= 11 is 0. The highest BCUT2D eigenvalue weighted by molar-refractivity contribution is 4.76. The van der Waals surface area contributed by atoms with Crippen LogP contribution in [0.5, 0.6) is 0 Å². The van der Waals surface area contributed by atoms with E-state index in [-0.39, 0.29) is 0 Å². The Kier molecular flexibility index (Phi) is 6.54. The summed E-state index contributed by atoms with van der Waals surface area (Å²) in [4.78, 5) is 2.80. The maximum absolute atomic E-state index is 2.80. The summed E-state index contributed by atoms with van der Waals surface area (Å²) in [5.41, 5.74) is 0. The molecule has 0 unspecified atom stereocenters. The van der Waals surface area contributed by atoms with Gasteiger partial charge in [0.2, 0.25) is 0 Å². The second-order valence-corrected chi connectivity index (χ2v) is 6.77. The summed E-state index contributed by atoms with van der Waals surface area (Å²) in [5, 5.41) is 0. The molecule has 1 saturated carbocycles. The minimum absolute atomic E-state index is 1.02. The van der Waals surface area contributed by atoms with Crippen LogP contribution < -0.4 is 0 Å². The summed E-state index contributed by atoms with van der Waals surface area (Å²) in [5.74, 6) is 2.06. The Labute approximate surface area is 114 Å². The van der Waals surface area contributed by atoms with Crippen LogP contribution in [0.3, 0.4) is 0 Å². The van der Waals surface area contributed by atoms with Gasteiger partial charge in [-0.05, 0) is 50.5 Å². The summed E-state index contributed by atoms with van der Waals surface area (Å²) in [7, 11) is 0. The first-order valence-electron chi connectivity index (χ1n) is 8.61. The lowest BCUT2D eigenvalue weighted by Crippen LogP contribution is -2.39. The van der Waals surface area contributed by atoms with Crippen LogP contribution in [0, 0.1) is 11.8 Å². The van der Waals surface area contributed by atoms with Crippen molar-refractivity contribution in [3.05, 3.63) is 0 Å². The third-order valence-electron chi connectivity index (χ3n) is 5.06. The normalized spacial score (nSPS) is 27.5. The third-order valence-corrected chi connectivity index (χ3v) is 5.06. The molecule has 1 heterocycles. The lowest BCUT2D eigenvalue weighted by molar-refractivity contribution is 0.132. The van der Waals surface area contributed by atoms with Gasteiger partial charge in [-0.1, -0.05) is 45.4 Å². The van der Waals surface area contributed by atoms with Gasteiger partial charge in [0.15, 0.2) is 0 Å². The molecule has 0 aromatic heterocycles. The van der Waals surface area contributed by atoms with E-state index in [0.717, 1.165) is 11.8 Å². The number of piperidine rings is 1. The molecule has 106 valence electrons. The topological polar surface area (TPSA) is 3.24 Å². The van der Waals surface area contributed by atoms with Gasteiger partial charge in [-0.15, -0.1) is 0 Å². The second kappa shape index (κ2) is 8.19. The molecule has 1 heteroatoms. The highest BCUT2D eigenvalue weighted by Crippen LogP contribution is 2.27. The van der Waals surface area contributed by atoms with E-state index < -0.39 is 0 Å². The van der Waals surface area contributed by atoms with E-state index >= 15 is 0 Å². The highest BCUT2D eigenvalue weighted by Gasteiger charge is 2.22. The molecule has 18 heavy (non-hydrogen) atoms. The number of rotatable bonds is 6. The number of likely N-dealkylation sites (tertiary alicyclic amines) is 1. The lowest BCUT2D eigenvalue weighted by atomic mass is 9.87. The molecule has 0 amide bonds. The van der Waals surface area contributed by atoms with Crippen LogP contribution in [0.2, 0.25) is 0 Å². The maximum atomic E-state index is 2.80. The van der Waals surface area contributed by atoms with Crippen LogP contribution in [0.15, 0.2) is 0 Å². The second-order valence-electron chi connectivity index (χ2n) is 6.77. The molecular formula is C17H33N. The van der Waals surface area contributed by atoms with Gasteiger partial charge in [-0.25, -0.2) is 0 Å². The molecule has 1 aliphatic heterocycles. The summed E-state index contributed by atoms with van der Waals surface area (Å²) in [6.07, 6.45) is 16.3. The fraction of sp³-hybridized carbons (Fsp3) is 1.00. The molecule has 0 spiro atoms. The van der Waals surface area contributed by atoms with Gasteiger partial charge in [0.05, 0.1) is 0 Å². The molecule has 0 bridgehead atoms. The van der Waals surface area contributed by atoms with E-state index in [9.17, 15) is 0 Å². The third kappa shape index (κ3) is 4.91. The van der Waals surface area contributed by atoms with Crippen LogP contribution in [-0.4, -0.2) is 24.5 Å². The van der Waals surface area contributed by atoms with Crippen molar-refractivity contribution >= 4 is 0 Å². The Morgan fingerprint density at radius 3 is 2.44 bits per heavy atom. The Balaban J connectivity index is 1.65. The molecule has 0 N–H and O–H groups in total. The quantitative estimate of drug-likeness (QED) is 0.609. The van der Waals surface area contributed by atoms with Crippen LogP contribution >= 0.6 is 0 Å². The van der Waals surface area contributed by atoms with E-state index in [2.05, 4.69) is 11.8 Å². The van der Waals surface area contributed by atoms with Gasteiger partial charge < -0.3 is 4.90 Å². The van der Waals surface area contributed by atoms with Crippen molar-refractivity contribution in [3.8, 4) is 0 Å². The van der Waals surface area contributed by atoms with E-state index in [1.807, 2.05) is 0 Å². The van der Waals surface area contributed by atoms with Crippen LogP contribution in [-0.2, 0) is 0 Å². The van der Waals surface area contributed by atoms with E-state index in [0.29, 0.717) is 0 Å². The van der Waals surface area contributed by atoms with Crippen LogP contribution in [0.1, 0.15) is 77.6 Å². The number of nitrogens with zero attached hydrogens (tertiary/aromatic N) is 1. The van der Waals surface area contributed by atoms with Crippen molar-refractivity contribution in [2.45, 2.75) is 77.6 Å². The predicted molar refractivity (Wildman–Crippen MR) is 79.9 cm³/mol. The molecule has 1 nitrogen and oxygen atoms in total. The van der Waals surface area contributed by atoms with Gasteiger partial charge in [0.25, 0.3) is 0 Å². The zero-order valence-corrected chi connectivity index (χ0v) is 12.5. The largest absolute Gasteiger partial charge is 0.303 e. The fourth-order valence-corrected chi connectivity index (χ4v) is 3.97. The molecule has 1 aliphatic carbocycles. The van der Waals surface area contributed by atoms with Crippen molar-refractivity contribution in [1.82, 2.24) is 4.90 Å². The average Bonchev–Trinajstić information content (AvgIpc) is 2.41. The molecule has 1 atom stereocenters. The van der Waals surface area contributed by atoms with Crippen molar-refractivity contribution in [1.29, 1.82) is 0 Å². The molecular weight excluding hydrogens is 218 g/mol. The number of unbranched alkanes of at least 4 members (excludes halogenated alkanes) is 2. The van der Waals surface area contributed by atoms with Gasteiger partial charge in [-0.3, -0.25) is 0 Å². The number of hydrogen-bond acceptors (Lipinski definition) is 1. The first kappa shape index (κ1) is 14.4. The minimum Gasteiger partial charge on any atom is -0.303 e. The van der Waals surface area contributed by atoms with Crippen molar-refractivity contribution < 1.29 is 0 Å². The summed E-state index contributed by atoms with van der Waals surface area (Å²) in [6, 6.07) is 0. The molecule has 1 saturated heterocycles. The smallest absolute Gasteiger partial charge is 0.000978 e. The van der Waals surface area contributed by atoms with Crippen molar-refractivity contribution in [3.63, 3.8) is 0 Å². The maximum Gasteiger partial charge on any atom is 0.000978 e. The monoisotopic (exact) mass is 251 g/mol. The van der Waals surface area contributed by atoms with Gasteiger partial charge >= 0.3 is 0 Å². The average molecular weight is 251 g/mol. The van der Waals surface area contributed by atoms with E-state index in [4.69, 9.17) is 0 Å². The molecule has 2 fully saturated rings. The van der Waals surface area contributed by atoms with Crippen LogP contribution in [0.25, 0.3) is 0 Å². The van der Waals surface area contributed by atoms with Crippen molar-refractivity contribution in [2.75, 3.05) is 19.6 Å². The molecule has 0 aromatic rings. The van der Waals surface area contributed by atoms with Gasteiger partial charge in [0, 0.05) is 13.1 Å². The SMILES string of the molecule is CCCCC[C@H]1CCCN(CC2CCCCC2)C1. The zero-order chi connectivity index (χ0) is 12.6. The Hall–Kier alpha value is -0.0400.